The molecule has 2 aliphatic heterocycles. The monoisotopic (exact) mass is 510 g/mol. The van der Waals surface area contributed by atoms with Crippen LogP contribution in [0.5, 0.6) is 5.75 Å². The third-order valence-electron chi connectivity index (χ3n) is 5.21. The van der Waals surface area contributed by atoms with Gasteiger partial charge in [-0.15, -0.1) is 0 Å². The number of carbonyl (C=O) groups is 1. The predicted molar refractivity (Wildman–Crippen MR) is 119 cm³/mol. The summed E-state index contributed by atoms with van der Waals surface area (Å²) in [5.41, 5.74) is 3.66. The van der Waals surface area contributed by atoms with Gasteiger partial charge in [0, 0.05) is 26.5 Å². The molecule has 0 aromatic heterocycles. The van der Waals surface area contributed by atoms with Crippen molar-refractivity contribution in [3.63, 3.8) is 0 Å². The molecular weight excluding hydrogens is 496 g/mol. The van der Waals surface area contributed by atoms with Gasteiger partial charge in [-0.05, 0) is 35.9 Å². The van der Waals surface area contributed by atoms with E-state index >= 15 is 0 Å². The van der Waals surface area contributed by atoms with Crippen LogP contribution >= 0.6 is 31.9 Å². The highest BCUT2D eigenvalue weighted by molar-refractivity contribution is 9.10. The summed E-state index contributed by atoms with van der Waals surface area (Å²) in [5, 5.41) is 6.65. The van der Waals surface area contributed by atoms with Gasteiger partial charge in [-0.25, -0.2) is 5.01 Å². The van der Waals surface area contributed by atoms with Crippen molar-refractivity contribution in [3.8, 4) is 5.75 Å². The van der Waals surface area contributed by atoms with Crippen LogP contribution in [0.15, 0.2) is 86.8 Å². The number of nitrogens with zero attached hydrogens (tertiary/aromatic N) is 2. The summed E-state index contributed by atoms with van der Waals surface area (Å²) < 4.78 is 8.07. The first kappa shape index (κ1) is 18.6. The Morgan fingerprint density at radius 2 is 1.69 bits per heavy atom. The zero-order chi connectivity index (χ0) is 20.0. The number of rotatable bonds is 3. The van der Waals surface area contributed by atoms with E-state index in [0.717, 1.165) is 38.0 Å². The van der Waals surface area contributed by atoms with Crippen molar-refractivity contribution in [1.82, 2.24) is 5.01 Å². The topological polar surface area (TPSA) is 41.9 Å². The molecule has 6 heteroatoms. The minimum absolute atomic E-state index is 0.0455. The van der Waals surface area contributed by atoms with Gasteiger partial charge in [0.15, 0.2) is 0 Å². The second-order valence-corrected chi connectivity index (χ2v) is 8.87. The average molecular weight is 512 g/mol. The normalized spacial score (nSPS) is 19.8. The van der Waals surface area contributed by atoms with Crippen molar-refractivity contribution in [2.24, 2.45) is 5.10 Å². The molecule has 0 N–H and O–H groups in total. The summed E-state index contributed by atoms with van der Waals surface area (Å²) in [4.78, 5) is 13.3. The summed E-state index contributed by atoms with van der Waals surface area (Å²) in [7, 11) is 0. The fourth-order valence-corrected chi connectivity index (χ4v) is 4.44. The Balaban J connectivity index is 1.57. The highest BCUT2D eigenvalue weighted by atomic mass is 79.9. The lowest BCUT2D eigenvalue weighted by Crippen LogP contribution is -2.45. The number of benzene rings is 3. The zero-order valence-electron chi connectivity index (χ0n) is 15.3. The lowest BCUT2D eigenvalue weighted by molar-refractivity contribution is -0.00459. The second kappa shape index (κ2) is 7.43. The Morgan fingerprint density at radius 3 is 2.45 bits per heavy atom. The van der Waals surface area contributed by atoms with E-state index in [1.807, 2.05) is 59.6 Å². The molecule has 0 radical (unpaired) electrons. The molecule has 0 bridgehead atoms. The maximum atomic E-state index is 13.3. The number of hydrazone groups is 1. The summed E-state index contributed by atoms with van der Waals surface area (Å²) >= 11 is 6.97. The molecule has 29 heavy (non-hydrogen) atoms. The van der Waals surface area contributed by atoms with Gasteiger partial charge in [-0.1, -0.05) is 74.3 Å². The number of fused-ring (bicyclic) bond motifs is 3. The van der Waals surface area contributed by atoms with Crippen molar-refractivity contribution in [3.05, 3.63) is 98.4 Å². The molecule has 0 saturated carbocycles. The van der Waals surface area contributed by atoms with Gasteiger partial charge in [0.1, 0.15) is 5.75 Å². The van der Waals surface area contributed by atoms with Crippen LogP contribution in [-0.4, -0.2) is 22.7 Å². The number of hydrogen-bond acceptors (Lipinski definition) is 4. The van der Waals surface area contributed by atoms with E-state index in [0.29, 0.717) is 5.56 Å². The molecule has 3 aromatic rings. The molecule has 144 valence electrons. The number of hydrogen-bond donors (Lipinski definition) is 0. The molecule has 0 unspecified atom stereocenters. The van der Waals surface area contributed by atoms with Crippen LogP contribution < -0.4 is 4.74 Å². The molecule has 0 amide bonds. The molecule has 0 aliphatic carbocycles. The minimum Gasteiger partial charge on any atom is -0.461 e. The molecule has 5 rings (SSSR count). The lowest BCUT2D eigenvalue weighted by atomic mass is 9.96. The Hall–Kier alpha value is -2.44. The fraction of sp³-hybridized carbons (Fsp3) is 0.130. The molecular formula is C23H16Br2N2O2. The van der Waals surface area contributed by atoms with Crippen LogP contribution in [0.1, 0.15) is 33.9 Å². The summed E-state index contributed by atoms with van der Waals surface area (Å²) in [6.45, 7) is 0. The van der Waals surface area contributed by atoms with Crippen LogP contribution in [0.2, 0.25) is 0 Å². The summed E-state index contributed by atoms with van der Waals surface area (Å²) in [5.74, 6) is 0.628. The highest BCUT2D eigenvalue weighted by Gasteiger charge is 2.43. The van der Waals surface area contributed by atoms with E-state index in [1.54, 1.807) is 12.1 Å². The molecule has 3 aromatic carbocycles. The van der Waals surface area contributed by atoms with Gasteiger partial charge in [0.05, 0.1) is 11.8 Å². The van der Waals surface area contributed by atoms with Crippen LogP contribution in [0, 0.1) is 0 Å². The fourth-order valence-electron chi connectivity index (χ4n) is 3.79. The van der Waals surface area contributed by atoms with Crippen LogP contribution in [0.25, 0.3) is 0 Å². The van der Waals surface area contributed by atoms with Crippen molar-refractivity contribution >= 4 is 43.4 Å². The van der Waals surface area contributed by atoms with Crippen LogP contribution in [-0.2, 0) is 0 Å². The van der Waals surface area contributed by atoms with E-state index in [4.69, 9.17) is 9.84 Å². The van der Waals surface area contributed by atoms with Gasteiger partial charge in [-0.3, -0.25) is 4.79 Å². The number of Topliss-reactive ketones (excluding diaryl/α,β-unsaturated/α-hetero) is 1. The van der Waals surface area contributed by atoms with Crippen molar-refractivity contribution in [2.45, 2.75) is 18.7 Å². The van der Waals surface area contributed by atoms with Crippen molar-refractivity contribution in [2.75, 3.05) is 0 Å². The zero-order valence-corrected chi connectivity index (χ0v) is 18.4. The third kappa shape index (κ3) is 3.40. The van der Waals surface area contributed by atoms with Crippen LogP contribution in [0.4, 0.5) is 0 Å². The van der Waals surface area contributed by atoms with E-state index in [2.05, 4.69) is 37.9 Å². The van der Waals surface area contributed by atoms with E-state index < -0.39 is 6.23 Å². The van der Waals surface area contributed by atoms with Gasteiger partial charge in [-0.2, -0.15) is 5.10 Å². The second-order valence-electron chi connectivity index (χ2n) is 7.04. The largest absolute Gasteiger partial charge is 0.461 e. The number of ketones is 1. The Kier molecular flexibility index (Phi) is 4.76. The Bertz CT molecular complexity index is 1110. The first-order valence-electron chi connectivity index (χ1n) is 9.27. The Labute approximate surface area is 185 Å². The summed E-state index contributed by atoms with van der Waals surface area (Å²) in [6, 6.07) is 23.3. The van der Waals surface area contributed by atoms with Gasteiger partial charge in [0.25, 0.3) is 6.23 Å². The first-order chi connectivity index (χ1) is 14.1. The number of carbonyl (C=O) groups excluding carboxylic acids is 1. The molecule has 0 fully saturated rings. The number of ether oxygens (including phenoxy) is 1. The lowest BCUT2D eigenvalue weighted by Gasteiger charge is -2.37. The minimum atomic E-state index is -0.795. The van der Waals surface area contributed by atoms with Crippen LogP contribution in [0.3, 0.4) is 0 Å². The predicted octanol–water partition coefficient (Wildman–Crippen LogP) is 5.96. The molecule has 2 aliphatic rings. The quantitative estimate of drug-likeness (QED) is 0.407. The molecule has 2 heterocycles. The van der Waals surface area contributed by atoms with Gasteiger partial charge >= 0.3 is 0 Å². The molecule has 0 spiro atoms. The molecule has 4 nitrogen and oxygen atoms in total. The van der Waals surface area contributed by atoms with Crippen molar-refractivity contribution < 1.29 is 9.53 Å². The standard InChI is InChI=1S/C23H16Br2N2O2/c24-16-8-6-15(7-9-16)22(28)23-27-20(18-12-17(25)10-11-21(18)29-23)13-19(26-27)14-4-2-1-3-5-14/h1-12,20,23H,13H2/t20-,23-/m0/s1. The highest BCUT2D eigenvalue weighted by Crippen LogP contribution is 2.44. The molecule has 2 atom stereocenters. The maximum absolute atomic E-state index is 13.3. The van der Waals surface area contributed by atoms with E-state index in [9.17, 15) is 4.79 Å². The SMILES string of the molecule is O=C(c1ccc(Br)cc1)[C@@H]1Oc2ccc(Br)cc2[C@@H]2CC(c3ccccc3)=NN12. The third-order valence-corrected chi connectivity index (χ3v) is 6.23. The smallest absolute Gasteiger partial charge is 0.251 e. The van der Waals surface area contributed by atoms with Crippen molar-refractivity contribution in [1.29, 1.82) is 0 Å². The van der Waals surface area contributed by atoms with E-state index in [-0.39, 0.29) is 11.8 Å². The summed E-state index contributed by atoms with van der Waals surface area (Å²) in [6.07, 6.45) is -0.0722. The Morgan fingerprint density at radius 1 is 0.966 bits per heavy atom. The van der Waals surface area contributed by atoms with Gasteiger partial charge < -0.3 is 4.74 Å². The van der Waals surface area contributed by atoms with E-state index in [1.165, 1.54) is 0 Å². The first-order valence-corrected chi connectivity index (χ1v) is 10.9. The number of halogens is 2. The average Bonchev–Trinajstić information content (AvgIpc) is 3.20. The maximum Gasteiger partial charge on any atom is 0.251 e. The van der Waals surface area contributed by atoms with Gasteiger partial charge in [0.2, 0.25) is 5.78 Å². The molecule has 0 saturated heterocycles.